The van der Waals surface area contributed by atoms with Crippen molar-refractivity contribution in [2.24, 2.45) is 11.5 Å². The molecule has 0 saturated heterocycles. The van der Waals surface area contributed by atoms with Crippen molar-refractivity contribution in [2.45, 2.75) is 56.3 Å². The number of primary amides is 1. The zero-order valence-electron chi connectivity index (χ0n) is 20.0. The number of amides is 4. The number of aromatic hydroxyl groups is 1. The summed E-state index contributed by atoms with van der Waals surface area (Å²) in [5.41, 5.74) is 11.4. The maximum atomic E-state index is 12.9. The van der Waals surface area contributed by atoms with E-state index in [1.54, 1.807) is 0 Å². The Morgan fingerprint density at radius 1 is 0.737 bits per heavy atom. The molecule has 1 rings (SSSR count). The van der Waals surface area contributed by atoms with E-state index >= 15 is 0 Å². The number of carbonyl (C=O) groups excluding carboxylic acids is 4. The molecule has 0 bridgehead atoms. The van der Waals surface area contributed by atoms with Gasteiger partial charge in [0.05, 0.1) is 18.9 Å². The summed E-state index contributed by atoms with van der Waals surface area (Å²) in [4.78, 5) is 82.6. The number of carbonyl (C=O) groups is 7. The Balaban J connectivity index is 3.02. The number of phenolic OH excluding ortho intramolecular Hbond substituents is 1. The first-order valence-electron chi connectivity index (χ1n) is 11.1. The molecule has 16 heteroatoms. The summed E-state index contributed by atoms with van der Waals surface area (Å²) in [5.74, 6) is -8.89. The molecule has 4 amide bonds. The van der Waals surface area contributed by atoms with Crippen molar-refractivity contribution in [1.29, 1.82) is 0 Å². The molecule has 0 aliphatic carbocycles. The lowest BCUT2D eigenvalue weighted by molar-refractivity contribution is -0.144. The molecule has 0 spiro atoms. The van der Waals surface area contributed by atoms with Crippen LogP contribution in [0.25, 0.3) is 0 Å². The number of phenols is 1. The Hall–Kier alpha value is -4.73. The van der Waals surface area contributed by atoms with Crippen LogP contribution in [0.5, 0.6) is 5.75 Å². The first kappa shape index (κ1) is 31.3. The van der Waals surface area contributed by atoms with Crippen LogP contribution < -0.4 is 27.4 Å². The highest BCUT2D eigenvalue weighted by molar-refractivity contribution is 5.96. The number of carboxylic acids is 3. The molecule has 4 atom stereocenters. The predicted molar refractivity (Wildman–Crippen MR) is 126 cm³/mol. The molecule has 38 heavy (non-hydrogen) atoms. The smallest absolute Gasteiger partial charge is 0.326 e. The van der Waals surface area contributed by atoms with E-state index in [1.807, 2.05) is 5.32 Å². The molecule has 0 aliphatic heterocycles. The third-order valence-corrected chi connectivity index (χ3v) is 5.04. The average molecular weight is 539 g/mol. The van der Waals surface area contributed by atoms with Crippen LogP contribution in [-0.4, -0.2) is 86.1 Å². The summed E-state index contributed by atoms with van der Waals surface area (Å²) in [5, 5.41) is 42.8. The monoisotopic (exact) mass is 539 g/mol. The number of hydrogen-bond acceptors (Lipinski definition) is 9. The summed E-state index contributed by atoms with van der Waals surface area (Å²) in [7, 11) is 0. The average Bonchev–Trinajstić information content (AvgIpc) is 2.81. The minimum Gasteiger partial charge on any atom is -0.508 e. The number of carboxylic acid groups (broad SMARTS) is 3. The number of rotatable bonds is 16. The maximum absolute atomic E-state index is 12.9. The van der Waals surface area contributed by atoms with Gasteiger partial charge in [-0.2, -0.15) is 0 Å². The Morgan fingerprint density at radius 3 is 1.76 bits per heavy atom. The second-order valence-corrected chi connectivity index (χ2v) is 8.20. The van der Waals surface area contributed by atoms with Crippen LogP contribution in [0.2, 0.25) is 0 Å². The highest BCUT2D eigenvalue weighted by Gasteiger charge is 2.32. The molecular formula is C22H29N5O11. The highest BCUT2D eigenvalue weighted by atomic mass is 16.4. The van der Waals surface area contributed by atoms with E-state index < -0.39 is 91.4 Å². The lowest BCUT2D eigenvalue weighted by atomic mass is 10.0. The number of nitrogens with two attached hydrogens (primary N) is 2. The standard InChI is InChI=1S/C22H29N5O11/c23-12(7-10-1-3-11(28)4-2-10)19(34)25-13(5-6-17(30)31)20(35)26-14(9-18(32)33)21(36)27-15(22(37)38)8-16(24)29/h1-4,12-15,28H,5-9,23H2,(H2,24,29)(H,25,34)(H,26,35)(H,27,36)(H,30,31)(H,32,33)(H,37,38). The molecule has 1 aromatic rings. The SMILES string of the molecule is NC(=O)CC(NC(=O)C(CC(=O)O)NC(=O)C(CCC(=O)O)NC(=O)C(N)Cc1ccc(O)cc1)C(=O)O. The van der Waals surface area contributed by atoms with Crippen LogP contribution in [0.4, 0.5) is 0 Å². The largest absolute Gasteiger partial charge is 0.508 e. The second-order valence-electron chi connectivity index (χ2n) is 8.20. The van der Waals surface area contributed by atoms with E-state index in [2.05, 4.69) is 10.6 Å². The second kappa shape index (κ2) is 14.7. The van der Waals surface area contributed by atoms with Gasteiger partial charge in [0.25, 0.3) is 0 Å². The van der Waals surface area contributed by atoms with Crippen molar-refractivity contribution < 1.29 is 54.0 Å². The van der Waals surface area contributed by atoms with Gasteiger partial charge < -0.3 is 47.8 Å². The molecule has 4 unspecified atom stereocenters. The highest BCUT2D eigenvalue weighted by Crippen LogP contribution is 2.11. The van der Waals surface area contributed by atoms with Gasteiger partial charge in [0, 0.05) is 6.42 Å². The third-order valence-electron chi connectivity index (χ3n) is 5.04. The molecule has 16 nitrogen and oxygen atoms in total. The van der Waals surface area contributed by atoms with Crippen molar-refractivity contribution in [1.82, 2.24) is 16.0 Å². The van der Waals surface area contributed by atoms with E-state index in [4.69, 9.17) is 26.8 Å². The Morgan fingerprint density at radius 2 is 1.26 bits per heavy atom. The van der Waals surface area contributed by atoms with Crippen molar-refractivity contribution in [2.75, 3.05) is 0 Å². The molecule has 208 valence electrons. The molecule has 0 saturated carbocycles. The fourth-order valence-electron chi connectivity index (χ4n) is 3.12. The van der Waals surface area contributed by atoms with E-state index in [-0.39, 0.29) is 12.2 Å². The van der Waals surface area contributed by atoms with Gasteiger partial charge in [-0.3, -0.25) is 28.8 Å². The van der Waals surface area contributed by atoms with Crippen molar-refractivity contribution >= 4 is 41.5 Å². The van der Waals surface area contributed by atoms with E-state index in [9.17, 15) is 38.7 Å². The summed E-state index contributed by atoms with van der Waals surface area (Å²) in [6, 6.07) is -0.677. The van der Waals surface area contributed by atoms with Crippen LogP contribution in [0.15, 0.2) is 24.3 Å². The van der Waals surface area contributed by atoms with Crippen LogP contribution in [0.1, 0.15) is 31.2 Å². The Kier molecular flexibility index (Phi) is 12.1. The zero-order valence-corrected chi connectivity index (χ0v) is 20.0. The zero-order chi connectivity index (χ0) is 29.0. The van der Waals surface area contributed by atoms with Gasteiger partial charge in [0.1, 0.15) is 23.9 Å². The Bertz CT molecular complexity index is 1060. The molecule has 0 fully saturated rings. The number of nitrogens with one attached hydrogen (secondary N) is 3. The lowest BCUT2D eigenvalue weighted by Crippen LogP contribution is -2.58. The predicted octanol–water partition coefficient (Wildman–Crippen LogP) is -2.98. The fraction of sp³-hybridized carbons (Fsp3) is 0.409. The normalized spacial score (nSPS) is 13.7. The van der Waals surface area contributed by atoms with Crippen LogP contribution in [-0.2, 0) is 40.0 Å². The quantitative estimate of drug-likeness (QED) is 0.102. The lowest BCUT2D eigenvalue weighted by Gasteiger charge is -2.24. The summed E-state index contributed by atoms with van der Waals surface area (Å²) in [6.45, 7) is 0. The first-order valence-corrected chi connectivity index (χ1v) is 11.1. The van der Waals surface area contributed by atoms with Gasteiger partial charge in [-0.05, 0) is 30.5 Å². The van der Waals surface area contributed by atoms with Crippen LogP contribution >= 0.6 is 0 Å². The minimum absolute atomic E-state index is 0.0126. The van der Waals surface area contributed by atoms with Crippen molar-refractivity contribution in [3.05, 3.63) is 29.8 Å². The van der Waals surface area contributed by atoms with Crippen molar-refractivity contribution in [3.63, 3.8) is 0 Å². The van der Waals surface area contributed by atoms with Crippen LogP contribution in [0.3, 0.4) is 0 Å². The van der Waals surface area contributed by atoms with E-state index in [0.717, 1.165) is 0 Å². The number of benzene rings is 1. The third kappa shape index (κ3) is 11.3. The molecule has 0 aromatic heterocycles. The van der Waals surface area contributed by atoms with Gasteiger partial charge >= 0.3 is 17.9 Å². The topological polar surface area (TPSA) is 289 Å². The molecule has 0 radical (unpaired) electrons. The van der Waals surface area contributed by atoms with Crippen molar-refractivity contribution in [3.8, 4) is 5.75 Å². The summed E-state index contributed by atoms with van der Waals surface area (Å²) < 4.78 is 0. The van der Waals surface area contributed by atoms with Gasteiger partial charge in [-0.15, -0.1) is 0 Å². The molecular weight excluding hydrogens is 510 g/mol. The van der Waals surface area contributed by atoms with E-state index in [1.165, 1.54) is 24.3 Å². The minimum atomic E-state index is -1.86. The van der Waals surface area contributed by atoms with Gasteiger partial charge in [0.2, 0.25) is 23.6 Å². The molecule has 11 N–H and O–H groups in total. The van der Waals surface area contributed by atoms with Crippen LogP contribution in [0, 0.1) is 0 Å². The number of hydrogen-bond donors (Lipinski definition) is 9. The first-order chi connectivity index (χ1) is 17.7. The van der Waals surface area contributed by atoms with E-state index in [0.29, 0.717) is 5.56 Å². The summed E-state index contributed by atoms with van der Waals surface area (Å²) in [6.07, 6.45) is -2.90. The van der Waals surface area contributed by atoms with Gasteiger partial charge in [-0.1, -0.05) is 12.1 Å². The van der Waals surface area contributed by atoms with Gasteiger partial charge in [-0.25, -0.2) is 4.79 Å². The van der Waals surface area contributed by atoms with Gasteiger partial charge in [0.15, 0.2) is 0 Å². The summed E-state index contributed by atoms with van der Waals surface area (Å²) >= 11 is 0. The fourth-order valence-corrected chi connectivity index (χ4v) is 3.12. The molecule has 0 heterocycles. The number of aliphatic carboxylic acids is 3. The molecule has 1 aromatic carbocycles. The molecule has 0 aliphatic rings. The Labute approximate surface area is 215 Å². The maximum Gasteiger partial charge on any atom is 0.326 e.